The molecule has 4 heteroatoms. The van der Waals surface area contributed by atoms with Gasteiger partial charge in [0.25, 0.3) is 0 Å². The number of hydrogen-bond donors (Lipinski definition) is 0. The van der Waals surface area contributed by atoms with Crippen LogP contribution < -0.4 is 0 Å². The number of sulfone groups is 1. The summed E-state index contributed by atoms with van der Waals surface area (Å²) >= 11 is 0. The third kappa shape index (κ3) is 3.78. The maximum atomic E-state index is 12.4. The highest BCUT2D eigenvalue weighted by atomic mass is 32.2. The minimum absolute atomic E-state index is 0.226. The summed E-state index contributed by atoms with van der Waals surface area (Å²) in [6.45, 7) is 2.10. The van der Waals surface area contributed by atoms with Gasteiger partial charge in [-0.15, -0.1) is 0 Å². The lowest BCUT2D eigenvalue weighted by atomic mass is 9.80. The molecule has 2 rings (SSSR count). The van der Waals surface area contributed by atoms with Gasteiger partial charge in [-0.1, -0.05) is 51.5 Å². The lowest BCUT2D eigenvalue weighted by Gasteiger charge is -2.29. The Balaban J connectivity index is 2.09. The van der Waals surface area contributed by atoms with Crippen LogP contribution in [0, 0.1) is 11.8 Å². The van der Waals surface area contributed by atoms with Gasteiger partial charge in [-0.2, -0.15) is 0 Å². The molecule has 0 radical (unpaired) electrons. The predicted molar refractivity (Wildman–Crippen MR) is 76.6 cm³/mol. The highest BCUT2D eigenvalue weighted by Gasteiger charge is 2.28. The molecule has 0 spiro atoms. The van der Waals surface area contributed by atoms with E-state index < -0.39 is 9.84 Å². The van der Waals surface area contributed by atoms with E-state index in [-0.39, 0.29) is 16.7 Å². The highest BCUT2D eigenvalue weighted by molar-refractivity contribution is 7.91. The van der Waals surface area contributed by atoms with Crippen LogP contribution in [0.2, 0.25) is 0 Å². The van der Waals surface area contributed by atoms with E-state index in [0.29, 0.717) is 5.92 Å². The summed E-state index contributed by atoms with van der Waals surface area (Å²) in [4.78, 5) is 3.99. The second kappa shape index (κ2) is 6.51. The first-order valence-corrected chi connectivity index (χ1v) is 8.92. The molecule has 0 bridgehead atoms. The normalized spacial score (nSPS) is 19.2. The fraction of sp³-hybridized carbons (Fsp3) is 0.667. The maximum absolute atomic E-state index is 12.4. The van der Waals surface area contributed by atoms with Gasteiger partial charge < -0.3 is 0 Å². The molecule has 1 aliphatic carbocycles. The van der Waals surface area contributed by atoms with Crippen molar-refractivity contribution < 1.29 is 8.42 Å². The molecule has 0 saturated heterocycles. The molecule has 0 aliphatic heterocycles. The number of pyridine rings is 1. The summed E-state index contributed by atoms with van der Waals surface area (Å²) in [5.74, 6) is 1.12. The van der Waals surface area contributed by atoms with Gasteiger partial charge in [-0.3, -0.25) is 0 Å². The van der Waals surface area contributed by atoms with Gasteiger partial charge in [0.1, 0.15) is 0 Å². The molecule has 3 nitrogen and oxygen atoms in total. The molecule has 1 aromatic heterocycles. The number of aromatic nitrogens is 1. The molecule has 0 unspecified atom stereocenters. The largest absolute Gasteiger partial charge is 0.245 e. The lowest BCUT2D eigenvalue weighted by Crippen LogP contribution is -2.25. The van der Waals surface area contributed by atoms with E-state index in [1.807, 2.05) is 0 Å². The smallest absolute Gasteiger partial charge is 0.195 e. The molecule has 1 aromatic rings. The Hall–Kier alpha value is -0.900. The third-order valence-corrected chi connectivity index (χ3v) is 5.98. The monoisotopic (exact) mass is 281 g/mol. The Kier molecular flexibility index (Phi) is 4.97. The number of nitrogens with zero attached hydrogens (tertiary/aromatic N) is 1. The number of rotatable bonds is 5. The minimum Gasteiger partial charge on any atom is -0.245 e. The van der Waals surface area contributed by atoms with Crippen molar-refractivity contribution in [3.05, 3.63) is 24.4 Å². The first-order chi connectivity index (χ1) is 9.13. The van der Waals surface area contributed by atoms with E-state index >= 15 is 0 Å². The third-order valence-electron chi connectivity index (χ3n) is 4.23. The number of hydrogen-bond acceptors (Lipinski definition) is 3. The molecule has 0 aromatic carbocycles. The van der Waals surface area contributed by atoms with E-state index in [1.54, 1.807) is 24.4 Å². The fourth-order valence-corrected chi connectivity index (χ4v) is 4.84. The molecule has 0 N–H and O–H groups in total. The van der Waals surface area contributed by atoms with Crippen molar-refractivity contribution in [2.45, 2.75) is 50.5 Å². The van der Waals surface area contributed by atoms with Crippen molar-refractivity contribution in [2.24, 2.45) is 11.8 Å². The van der Waals surface area contributed by atoms with Crippen molar-refractivity contribution in [1.82, 2.24) is 4.98 Å². The van der Waals surface area contributed by atoms with Crippen molar-refractivity contribution in [1.29, 1.82) is 0 Å². The molecule has 1 atom stereocenters. The Morgan fingerprint density at radius 1 is 1.26 bits per heavy atom. The lowest BCUT2D eigenvalue weighted by molar-refractivity contribution is 0.259. The Morgan fingerprint density at radius 2 is 2.00 bits per heavy atom. The second-order valence-electron chi connectivity index (χ2n) is 5.52. The predicted octanol–water partition coefficient (Wildman–Crippen LogP) is 3.46. The van der Waals surface area contributed by atoms with Gasteiger partial charge in [-0.05, 0) is 24.0 Å². The summed E-state index contributed by atoms with van der Waals surface area (Å²) in [5.41, 5.74) is 0. The van der Waals surface area contributed by atoms with Gasteiger partial charge in [-0.25, -0.2) is 13.4 Å². The first kappa shape index (κ1) is 14.5. The Morgan fingerprint density at radius 3 is 2.58 bits per heavy atom. The summed E-state index contributed by atoms with van der Waals surface area (Å²) in [7, 11) is -3.23. The Labute approximate surface area is 116 Å². The molecule has 1 aliphatic rings. The van der Waals surface area contributed by atoms with Crippen LogP contribution in [0.25, 0.3) is 0 Å². The highest BCUT2D eigenvalue weighted by Crippen LogP contribution is 2.33. The summed E-state index contributed by atoms with van der Waals surface area (Å²) < 4.78 is 24.8. The van der Waals surface area contributed by atoms with Crippen LogP contribution in [0.15, 0.2) is 29.4 Å². The molecule has 19 heavy (non-hydrogen) atoms. The van der Waals surface area contributed by atoms with Crippen molar-refractivity contribution in [2.75, 3.05) is 5.75 Å². The van der Waals surface area contributed by atoms with Gasteiger partial charge in [0.15, 0.2) is 14.9 Å². The van der Waals surface area contributed by atoms with E-state index in [9.17, 15) is 8.42 Å². The van der Waals surface area contributed by atoms with Crippen LogP contribution in [-0.4, -0.2) is 19.2 Å². The topological polar surface area (TPSA) is 47.0 Å². The summed E-state index contributed by atoms with van der Waals surface area (Å²) in [5, 5.41) is 0.226. The van der Waals surface area contributed by atoms with Gasteiger partial charge >= 0.3 is 0 Å². The van der Waals surface area contributed by atoms with Crippen LogP contribution in [0.4, 0.5) is 0 Å². The zero-order valence-electron chi connectivity index (χ0n) is 11.6. The standard InChI is InChI=1S/C15H23NO2S/c1-2-13(14-8-4-3-5-9-14)12-19(17,18)15-10-6-7-11-16-15/h6-7,10-11,13-14H,2-5,8-9,12H2,1H3/t13-/m0/s1. The van der Waals surface area contributed by atoms with E-state index in [0.717, 1.165) is 6.42 Å². The summed E-state index contributed by atoms with van der Waals surface area (Å²) in [6, 6.07) is 5.09. The molecule has 1 heterocycles. The quantitative estimate of drug-likeness (QED) is 0.830. The minimum atomic E-state index is -3.23. The van der Waals surface area contributed by atoms with Crippen molar-refractivity contribution >= 4 is 9.84 Å². The van der Waals surface area contributed by atoms with E-state index in [1.165, 1.54) is 32.1 Å². The zero-order chi connectivity index (χ0) is 13.7. The molecular formula is C15H23NO2S. The molecule has 106 valence electrons. The van der Waals surface area contributed by atoms with Gasteiger partial charge in [0.2, 0.25) is 0 Å². The average Bonchev–Trinajstić information content (AvgIpc) is 2.47. The van der Waals surface area contributed by atoms with Crippen LogP contribution in [-0.2, 0) is 9.84 Å². The van der Waals surface area contributed by atoms with Crippen LogP contribution in [0.3, 0.4) is 0 Å². The first-order valence-electron chi connectivity index (χ1n) is 7.27. The molecule has 1 saturated carbocycles. The Bertz CT molecular complexity index is 478. The zero-order valence-corrected chi connectivity index (χ0v) is 12.4. The van der Waals surface area contributed by atoms with Crippen LogP contribution in [0.5, 0.6) is 0 Å². The maximum Gasteiger partial charge on any atom is 0.195 e. The van der Waals surface area contributed by atoms with Crippen molar-refractivity contribution in [3.63, 3.8) is 0 Å². The van der Waals surface area contributed by atoms with E-state index in [4.69, 9.17) is 0 Å². The SMILES string of the molecule is CC[C@@H](CS(=O)(=O)c1ccccn1)C1CCCCC1. The fourth-order valence-electron chi connectivity index (χ4n) is 3.09. The van der Waals surface area contributed by atoms with Crippen molar-refractivity contribution in [3.8, 4) is 0 Å². The van der Waals surface area contributed by atoms with Crippen LogP contribution >= 0.6 is 0 Å². The molecule has 1 fully saturated rings. The van der Waals surface area contributed by atoms with E-state index in [2.05, 4.69) is 11.9 Å². The molecular weight excluding hydrogens is 258 g/mol. The molecule has 0 amide bonds. The second-order valence-corrected chi connectivity index (χ2v) is 7.50. The van der Waals surface area contributed by atoms with Gasteiger partial charge in [0, 0.05) is 6.20 Å². The summed E-state index contributed by atoms with van der Waals surface area (Å²) in [6.07, 6.45) is 8.69. The average molecular weight is 281 g/mol. The van der Waals surface area contributed by atoms with Crippen LogP contribution in [0.1, 0.15) is 45.4 Å². The van der Waals surface area contributed by atoms with Gasteiger partial charge in [0.05, 0.1) is 5.75 Å².